The minimum Gasteiger partial charge on any atom is -0.450 e. The molecule has 2 aromatic rings. The molecule has 12 nitrogen and oxygen atoms in total. The predicted molar refractivity (Wildman–Crippen MR) is 120 cm³/mol. The monoisotopic (exact) mass is 544 g/mol. The number of anilines is 3. The van der Waals surface area contributed by atoms with Crippen LogP contribution in [-0.2, 0) is 20.2 Å². The number of benzene rings is 3. The first-order valence-corrected chi connectivity index (χ1v) is 12.6. The number of nitrogens with two attached hydrogens (primary N) is 1. The molecule has 1 aliphatic carbocycles. The van der Waals surface area contributed by atoms with Crippen molar-refractivity contribution in [1.82, 2.24) is 4.98 Å². The van der Waals surface area contributed by atoms with Crippen LogP contribution >= 0.6 is 23.2 Å². The Labute approximate surface area is 200 Å². The molecular formula is C18H10Cl2N4O8S2. The van der Waals surface area contributed by atoms with Crippen LogP contribution in [0, 0.1) is 5.41 Å². The molecule has 0 saturated carbocycles. The fourth-order valence-electron chi connectivity index (χ4n) is 3.50. The third kappa shape index (κ3) is 3.34. The number of hydrogen-bond donors (Lipinski definition) is 5. The fourth-order valence-corrected chi connectivity index (χ4v) is 5.42. The Morgan fingerprint density at radius 3 is 2.38 bits per heavy atom. The highest BCUT2D eigenvalue weighted by Gasteiger charge is 2.33. The Kier molecular flexibility index (Phi) is 4.78. The summed E-state index contributed by atoms with van der Waals surface area (Å²) < 4.78 is 77.9. The van der Waals surface area contributed by atoms with Crippen molar-refractivity contribution in [3.05, 3.63) is 39.7 Å². The van der Waals surface area contributed by atoms with Crippen molar-refractivity contribution in [1.29, 1.82) is 5.41 Å². The predicted octanol–water partition coefficient (Wildman–Crippen LogP) is 3.64. The van der Waals surface area contributed by atoms with E-state index in [1.807, 2.05) is 0 Å². The van der Waals surface area contributed by atoms with Crippen LogP contribution in [0.3, 0.4) is 0 Å². The number of aromatic nitrogens is 1. The summed E-state index contributed by atoms with van der Waals surface area (Å²) in [6.07, 6.45) is 0. The zero-order valence-electron chi connectivity index (χ0n) is 16.3. The smallest absolute Gasteiger partial charge is 0.300 e. The van der Waals surface area contributed by atoms with Crippen LogP contribution in [0.15, 0.2) is 38.5 Å². The maximum absolute atomic E-state index is 11.8. The first-order chi connectivity index (χ1) is 15.8. The molecule has 2 aromatic carbocycles. The van der Waals surface area contributed by atoms with E-state index in [1.54, 1.807) is 0 Å². The van der Waals surface area contributed by atoms with Gasteiger partial charge in [-0.2, -0.15) is 16.8 Å². The van der Waals surface area contributed by atoms with E-state index in [1.165, 1.54) is 12.1 Å². The topological polar surface area (TPSA) is 206 Å². The summed E-state index contributed by atoms with van der Waals surface area (Å²) in [6, 6.07) is 4.67. The maximum atomic E-state index is 11.8. The van der Waals surface area contributed by atoms with Crippen molar-refractivity contribution in [3.63, 3.8) is 0 Å². The Bertz CT molecular complexity index is 1820. The zero-order valence-corrected chi connectivity index (χ0v) is 19.4. The summed E-state index contributed by atoms with van der Waals surface area (Å²) in [6.45, 7) is 0. The molecule has 2 heterocycles. The van der Waals surface area contributed by atoms with Gasteiger partial charge < -0.3 is 20.2 Å². The molecule has 0 amide bonds. The van der Waals surface area contributed by atoms with E-state index < -0.39 is 41.1 Å². The van der Waals surface area contributed by atoms with E-state index in [0.29, 0.717) is 0 Å². The fraction of sp³-hybridized carbons (Fsp3) is 0. The molecule has 0 fully saturated rings. The number of halogens is 2. The number of fused-ring (bicyclic) bond motifs is 4. The largest absolute Gasteiger partial charge is 0.450 e. The Balaban J connectivity index is 1.85. The lowest BCUT2D eigenvalue weighted by molar-refractivity contribution is 0.449. The third-order valence-corrected chi connectivity index (χ3v) is 7.36. The molecule has 0 bridgehead atoms. The Morgan fingerprint density at radius 1 is 1.03 bits per heavy atom. The second-order valence-electron chi connectivity index (χ2n) is 7.09. The van der Waals surface area contributed by atoms with Crippen LogP contribution in [0.2, 0.25) is 10.0 Å². The number of rotatable bonds is 2. The lowest BCUT2D eigenvalue weighted by atomic mass is 10.1. The minimum absolute atomic E-state index is 0.00103. The minimum atomic E-state index is -4.86. The van der Waals surface area contributed by atoms with Crippen LogP contribution in [0.25, 0.3) is 22.6 Å². The normalized spacial score (nSPS) is 13.3. The van der Waals surface area contributed by atoms with E-state index >= 15 is 0 Å². The first-order valence-electron chi connectivity index (χ1n) is 8.94. The summed E-state index contributed by atoms with van der Waals surface area (Å²) in [5.74, 6) is -0.891. The molecule has 0 aromatic heterocycles. The van der Waals surface area contributed by atoms with Crippen molar-refractivity contribution in [3.8, 4) is 23.0 Å². The quantitative estimate of drug-likeness (QED) is 0.123. The van der Waals surface area contributed by atoms with Gasteiger partial charge in [0, 0.05) is 5.69 Å². The van der Waals surface area contributed by atoms with Crippen LogP contribution in [-0.4, -0.2) is 30.9 Å². The molecule has 34 heavy (non-hydrogen) atoms. The number of ether oxygens (including phenoxy) is 1. The van der Waals surface area contributed by atoms with Gasteiger partial charge in [0.2, 0.25) is 0 Å². The van der Waals surface area contributed by atoms with E-state index in [2.05, 4.69) is 10.3 Å². The van der Waals surface area contributed by atoms with Gasteiger partial charge in [-0.15, -0.1) is 0 Å². The average Bonchev–Trinajstić information content (AvgIpc) is 2.73. The maximum Gasteiger partial charge on any atom is 0.300 e. The molecule has 5 rings (SSSR count). The number of nitrogens with one attached hydrogen (secondary N) is 2. The third-order valence-electron chi connectivity index (χ3n) is 4.87. The summed E-state index contributed by atoms with van der Waals surface area (Å²) in [5.41, 5.74) is 5.35. The number of nitrogen functional groups attached to an aromatic ring is 1. The van der Waals surface area contributed by atoms with Gasteiger partial charge in [0.25, 0.3) is 20.2 Å². The Morgan fingerprint density at radius 2 is 1.74 bits per heavy atom. The van der Waals surface area contributed by atoms with Gasteiger partial charge in [0.1, 0.15) is 31.8 Å². The second-order valence-corrected chi connectivity index (χ2v) is 10.6. The van der Waals surface area contributed by atoms with Gasteiger partial charge in [0.05, 0.1) is 11.0 Å². The van der Waals surface area contributed by atoms with E-state index in [4.69, 9.17) is 43.5 Å². The van der Waals surface area contributed by atoms with Crippen molar-refractivity contribution in [2.45, 2.75) is 9.79 Å². The summed E-state index contributed by atoms with van der Waals surface area (Å²) >= 11 is 13.0. The van der Waals surface area contributed by atoms with Gasteiger partial charge >= 0.3 is 0 Å². The molecule has 16 heteroatoms. The average molecular weight is 545 g/mol. The standard InChI is InChI=1S/C18H10Cl2N4O8S2/c19-10-12-17(32-15-7(23-12)2-1-6(22)18(15)34(28,29)30)11(20)13-16(10)31-14-8(24-13)3-5(21)4-9(14)33(25,26)27/h1-4,22,24H,21H2,(H,25,26,27)(H,28,29,30). The van der Waals surface area contributed by atoms with Crippen molar-refractivity contribution in [2.75, 3.05) is 11.1 Å². The molecule has 0 unspecified atom stereocenters. The molecule has 0 spiro atoms. The second kappa shape index (κ2) is 7.18. The van der Waals surface area contributed by atoms with Gasteiger partial charge in [0.15, 0.2) is 27.7 Å². The Hall–Kier alpha value is -3.14. The lowest BCUT2D eigenvalue weighted by Gasteiger charge is -2.26. The molecule has 6 N–H and O–H groups in total. The van der Waals surface area contributed by atoms with Gasteiger partial charge in [-0.25, -0.2) is 4.98 Å². The highest BCUT2D eigenvalue weighted by atomic mass is 35.5. The van der Waals surface area contributed by atoms with Crippen LogP contribution in [0.4, 0.5) is 17.1 Å². The first kappa shape index (κ1) is 22.6. The van der Waals surface area contributed by atoms with E-state index in [-0.39, 0.29) is 55.4 Å². The molecular weight excluding hydrogens is 535 g/mol. The molecule has 0 radical (unpaired) electrons. The zero-order chi connectivity index (χ0) is 24.7. The van der Waals surface area contributed by atoms with Crippen LogP contribution < -0.4 is 21.1 Å². The number of nitrogens with zero attached hydrogens (tertiary/aromatic N) is 1. The van der Waals surface area contributed by atoms with Gasteiger partial charge in [-0.1, -0.05) is 23.2 Å². The van der Waals surface area contributed by atoms with Gasteiger partial charge in [-0.3, -0.25) is 14.5 Å². The van der Waals surface area contributed by atoms with Crippen LogP contribution in [0.1, 0.15) is 0 Å². The van der Waals surface area contributed by atoms with Crippen LogP contribution in [0.5, 0.6) is 11.5 Å². The molecule has 0 saturated heterocycles. The molecule has 2 aliphatic heterocycles. The molecule has 0 atom stereocenters. The summed E-state index contributed by atoms with van der Waals surface area (Å²) in [5, 5.41) is 9.72. The number of hydrogen-bond acceptors (Lipinski definition) is 10. The molecule has 3 aliphatic rings. The lowest BCUT2D eigenvalue weighted by Crippen LogP contribution is -2.16. The van der Waals surface area contributed by atoms with Gasteiger partial charge in [-0.05, 0) is 24.3 Å². The van der Waals surface area contributed by atoms with Crippen molar-refractivity contribution in [2.24, 2.45) is 0 Å². The highest BCUT2D eigenvalue weighted by Crippen LogP contribution is 2.54. The van der Waals surface area contributed by atoms with E-state index in [0.717, 1.165) is 12.1 Å². The highest BCUT2D eigenvalue weighted by molar-refractivity contribution is 7.86. The molecule has 176 valence electrons. The SMILES string of the molecule is N=c1ccc2nc3c(Cl)c4c(c(Cl)c3oc-2c1S(=O)(=O)O)Nc1cc(N)cc(S(=O)(=O)O)c1O4. The van der Waals surface area contributed by atoms with Crippen molar-refractivity contribution < 1.29 is 35.1 Å². The van der Waals surface area contributed by atoms with Crippen molar-refractivity contribution >= 4 is 71.6 Å². The van der Waals surface area contributed by atoms with E-state index in [9.17, 15) is 25.9 Å². The summed E-state index contributed by atoms with van der Waals surface area (Å²) in [7, 11) is -9.60. The summed E-state index contributed by atoms with van der Waals surface area (Å²) in [4.78, 5) is 2.80.